The van der Waals surface area contributed by atoms with Crippen LogP contribution in [0.5, 0.6) is 0 Å². The summed E-state index contributed by atoms with van der Waals surface area (Å²) in [6.45, 7) is 17.3. The first-order chi connectivity index (χ1) is 17.6. The van der Waals surface area contributed by atoms with E-state index in [1.54, 1.807) is 0 Å². The molecule has 1 aromatic carbocycles. The van der Waals surface area contributed by atoms with Gasteiger partial charge < -0.3 is 32.3 Å². The molecule has 0 saturated heterocycles. The minimum atomic E-state index is -0.649. The van der Waals surface area contributed by atoms with Gasteiger partial charge in [0.05, 0.1) is 19.6 Å². The van der Waals surface area contributed by atoms with Crippen LogP contribution in [-0.4, -0.2) is 55.7 Å². The molecule has 2 amide bonds. The van der Waals surface area contributed by atoms with Crippen LogP contribution < -0.4 is 78.0 Å². The van der Waals surface area contributed by atoms with Gasteiger partial charge in [-0.1, -0.05) is 69.5 Å². The van der Waals surface area contributed by atoms with Gasteiger partial charge in [-0.05, 0) is 31.0 Å². The molecular weight excluding hydrogens is 528 g/mol. The van der Waals surface area contributed by atoms with Crippen LogP contribution in [0.2, 0.25) is 0 Å². The van der Waals surface area contributed by atoms with Gasteiger partial charge in [0.15, 0.2) is 5.12 Å². The number of hydrogen-bond donors (Lipinski definition) is 6. The van der Waals surface area contributed by atoms with E-state index in [9.17, 15) is 14.4 Å². The average Bonchev–Trinajstić information content (AvgIpc) is 2.87. The van der Waals surface area contributed by atoms with Gasteiger partial charge in [-0.25, -0.2) is 0 Å². The second kappa shape index (κ2) is 24.4. The molecule has 206 valence electrons. The van der Waals surface area contributed by atoms with Crippen molar-refractivity contribution in [3.63, 3.8) is 0 Å². The van der Waals surface area contributed by atoms with Crippen LogP contribution in [0, 0.1) is 0 Å². The van der Waals surface area contributed by atoms with Crippen molar-refractivity contribution in [3.8, 4) is 0 Å². The van der Waals surface area contributed by atoms with Gasteiger partial charge in [-0.3, -0.25) is 14.4 Å². The van der Waals surface area contributed by atoms with E-state index < -0.39 is 6.04 Å². The Labute approximate surface area is 276 Å². The van der Waals surface area contributed by atoms with E-state index in [0.29, 0.717) is 31.6 Å². The fourth-order valence-electron chi connectivity index (χ4n) is 2.97. The van der Waals surface area contributed by atoms with Crippen LogP contribution in [0.3, 0.4) is 0 Å². The third kappa shape index (κ3) is 22.4. The molecule has 1 rings (SSSR count). The predicted molar refractivity (Wildman–Crippen MR) is 155 cm³/mol. The van der Waals surface area contributed by atoms with Crippen molar-refractivity contribution in [3.05, 3.63) is 78.5 Å². The van der Waals surface area contributed by atoms with E-state index in [-0.39, 0.29) is 81.4 Å². The molecule has 38 heavy (non-hydrogen) atoms. The number of thiol groups is 1. The monoisotopic (exact) mass is 570 g/mol. The molecule has 11 heteroatoms. The molecule has 0 aromatic heterocycles. The van der Waals surface area contributed by atoms with Crippen LogP contribution in [0.25, 0.3) is 5.73 Å². The number of amides is 2. The van der Waals surface area contributed by atoms with Gasteiger partial charge in [-0.15, -0.1) is 12.6 Å². The summed E-state index contributed by atoms with van der Waals surface area (Å²) in [6, 6.07) is 9.71. The maximum atomic E-state index is 11.9. The topological polar surface area (TPSA) is 135 Å². The molecule has 2 atom stereocenters. The first-order valence-corrected chi connectivity index (χ1v) is 12.7. The quantitative estimate of drug-likeness (QED) is 0.0778. The Morgan fingerprint density at radius 3 is 2.26 bits per heavy atom. The second-order valence-electron chi connectivity index (χ2n) is 8.51. The summed E-state index contributed by atoms with van der Waals surface area (Å²) < 4.78 is 0. The molecule has 1 aromatic rings. The molecule has 0 heterocycles. The Bertz CT molecular complexity index is 870. The fraction of sp³-hybridized carbons (Fsp3) is 0.444. The molecule has 2 unspecified atom stereocenters. The number of carbonyl (C=O) groups excluding carboxylic acids is 3. The molecule has 0 fully saturated rings. The fourth-order valence-corrected chi connectivity index (χ4v) is 3.10. The van der Waals surface area contributed by atoms with Crippen molar-refractivity contribution in [2.75, 3.05) is 26.2 Å². The Kier molecular flexibility index (Phi) is 24.8. The van der Waals surface area contributed by atoms with E-state index in [0.717, 1.165) is 30.8 Å². The molecule has 0 aliphatic carbocycles. The molecule has 0 radical (unpaired) electrons. The summed E-state index contributed by atoms with van der Waals surface area (Å²) in [6.07, 6.45) is 3.14. The minimum absolute atomic E-state index is 0. The summed E-state index contributed by atoms with van der Waals surface area (Å²) in [5.41, 5.74) is 11.1. The minimum Gasteiger partial charge on any atom is -0.670 e. The van der Waals surface area contributed by atoms with Crippen LogP contribution in [-0.2, 0) is 20.8 Å². The van der Waals surface area contributed by atoms with Gasteiger partial charge in [0.2, 0.25) is 12.3 Å². The van der Waals surface area contributed by atoms with E-state index in [1.165, 1.54) is 5.56 Å². The normalized spacial score (nSPS) is 11.2. The maximum absolute atomic E-state index is 11.9. The Balaban J connectivity index is 0. The van der Waals surface area contributed by atoms with Gasteiger partial charge in [0.1, 0.15) is 0 Å². The molecule has 0 bridgehead atoms. The number of nitrogens with one attached hydrogen (secondary N) is 6. The number of hydrogen-bond acceptors (Lipinski definition) is 6. The van der Waals surface area contributed by atoms with Gasteiger partial charge in [0, 0.05) is 30.4 Å². The number of rotatable bonds is 19. The molecule has 0 spiro atoms. The van der Waals surface area contributed by atoms with Crippen molar-refractivity contribution in [1.82, 2.24) is 26.6 Å². The zero-order valence-electron chi connectivity index (χ0n) is 23.1. The van der Waals surface area contributed by atoms with Crippen molar-refractivity contribution in [2.45, 2.75) is 51.6 Å². The van der Waals surface area contributed by atoms with Crippen LogP contribution in [0.1, 0.15) is 38.7 Å². The van der Waals surface area contributed by atoms with E-state index in [1.807, 2.05) is 18.2 Å². The second-order valence-corrected chi connectivity index (χ2v) is 9.01. The van der Waals surface area contributed by atoms with E-state index in [2.05, 4.69) is 84.9 Å². The van der Waals surface area contributed by atoms with Gasteiger partial charge in [0.25, 0.3) is 0 Å². The molecule has 0 saturated carbocycles. The Morgan fingerprint density at radius 2 is 1.68 bits per heavy atom. The number of carbonyl (C=O) groups is 3. The van der Waals surface area contributed by atoms with Crippen molar-refractivity contribution in [1.29, 1.82) is 0 Å². The summed E-state index contributed by atoms with van der Waals surface area (Å²) in [5, 5.41) is 14.2. The average molecular weight is 571 g/mol. The molecular formula is C27H43KN6O3S. The third-order valence-corrected chi connectivity index (χ3v) is 5.13. The molecule has 0 aliphatic heterocycles. The van der Waals surface area contributed by atoms with Crippen LogP contribution in [0.15, 0.2) is 67.2 Å². The zero-order chi connectivity index (χ0) is 28.1. The summed E-state index contributed by atoms with van der Waals surface area (Å²) in [7, 11) is 0. The maximum Gasteiger partial charge on any atom is 1.00 e. The molecule has 6 N–H and O–H groups in total. The standard InChI is InChI=1S/C20H29N4O2S.C7H14N2O.K/c1-14(11-17-7-5-4-6-8-17)24-15(2)12-23-19(25)13-22-16(3)18(21)9-10-20(26)27;1-3-4-9-7(2)5-8-6-10;/h4-8,14,18,21-22,24H,2-3,9-13H2,1H3,(H,23,25)(H,26,27);6,9H,2-5H2,1H3,(H,8,10);/q-1;;+1. The predicted octanol–water partition coefficient (Wildman–Crippen LogP) is -0.152. The summed E-state index contributed by atoms with van der Waals surface area (Å²) in [4.78, 5) is 32.5. The first kappa shape index (κ1) is 38.5. The molecule has 9 nitrogen and oxygen atoms in total. The Hall–Kier alpha value is -1.60. The third-order valence-electron chi connectivity index (χ3n) is 4.90. The SMILES string of the molecule is C=C(CNC(=O)CNC(=C)C([NH-])CCC(=O)S)NC(C)Cc1ccccc1.C=C(CNC=O)NCCC.[K+]. The van der Waals surface area contributed by atoms with Crippen molar-refractivity contribution < 1.29 is 65.8 Å². The summed E-state index contributed by atoms with van der Waals surface area (Å²) in [5.74, 6) is -0.215. The first-order valence-electron chi connectivity index (χ1n) is 12.3. The van der Waals surface area contributed by atoms with E-state index in [4.69, 9.17) is 5.73 Å². The van der Waals surface area contributed by atoms with Gasteiger partial charge in [-0.2, -0.15) is 0 Å². The van der Waals surface area contributed by atoms with Crippen LogP contribution >= 0.6 is 12.6 Å². The zero-order valence-corrected chi connectivity index (χ0v) is 27.1. The van der Waals surface area contributed by atoms with Crippen molar-refractivity contribution >= 4 is 30.1 Å². The van der Waals surface area contributed by atoms with E-state index >= 15 is 0 Å². The van der Waals surface area contributed by atoms with Gasteiger partial charge >= 0.3 is 51.4 Å². The Morgan fingerprint density at radius 1 is 1.03 bits per heavy atom. The van der Waals surface area contributed by atoms with Crippen molar-refractivity contribution in [2.24, 2.45) is 0 Å². The number of benzene rings is 1. The molecule has 0 aliphatic rings. The smallest absolute Gasteiger partial charge is 0.670 e. The van der Waals surface area contributed by atoms with Crippen LogP contribution in [0.4, 0.5) is 0 Å². The summed E-state index contributed by atoms with van der Waals surface area (Å²) >= 11 is 3.67. The largest absolute Gasteiger partial charge is 1.00 e.